The third-order valence-corrected chi connectivity index (χ3v) is 3.20. The van der Waals surface area contributed by atoms with Gasteiger partial charge in [0.15, 0.2) is 0 Å². The number of urea groups is 1. The summed E-state index contributed by atoms with van der Waals surface area (Å²) in [6.45, 7) is -0.0840. The number of nitrogens with one attached hydrogen (secondary N) is 2. The molecule has 2 aromatic carbocycles. The van der Waals surface area contributed by atoms with Crippen LogP contribution in [0.1, 0.15) is 5.56 Å². The van der Waals surface area contributed by atoms with E-state index in [1.54, 1.807) is 12.1 Å². The van der Waals surface area contributed by atoms with Crippen molar-refractivity contribution >= 4 is 34.3 Å². The molecule has 20 heavy (non-hydrogen) atoms. The summed E-state index contributed by atoms with van der Waals surface area (Å²) < 4.78 is 27.3. The summed E-state index contributed by atoms with van der Waals surface area (Å²) in [7, 11) is 0. The summed E-state index contributed by atoms with van der Waals surface area (Å²) in [5.41, 5.74) is 0.733. The largest absolute Gasteiger partial charge is 0.334 e. The third kappa shape index (κ3) is 4.16. The maximum Gasteiger partial charge on any atom is 0.319 e. The molecular formula is C14H11F2IN2O. The Bertz CT molecular complexity index is 634. The lowest BCUT2D eigenvalue weighted by Gasteiger charge is -2.08. The fourth-order valence-electron chi connectivity index (χ4n) is 1.60. The molecule has 2 aromatic rings. The average Bonchev–Trinajstić information content (AvgIpc) is 2.40. The molecule has 0 fully saturated rings. The van der Waals surface area contributed by atoms with Gasteiger partial charge in [0, 0.05) is 21.4 Å². The number of carbonyl (C=O) groups is 1. The molecule has 104 valence electrons. The van der Waals surface area contributed by atoms with Gasteiger partial charge in [0.1, 0.15) is 11.6 Å². The van der Waals surface area contributed by atoms with Gasteiger partial charge in [0.05, 0.1) is 0 Å². The highest BCUT2D eigenvalue weighted by atomic mass is 127. The minimum atomic E-state index is -0.555. The van der Waals surface area contributed by atoms with Gasteiger partial charge < -0.3 is 10.6 Å². The predicted octanol–water partition coefficient (Wildman–Crippen LogP) is 3.89. The fourth-order valence-corrected chi connectivity index (χ4v) is 2.14. The van der Waals surface area contributed by atoms with E-state index in [9.17, 15) is 13.6 Å². The third-order valence-electron chi connectivity index (χ3n) is 2.53. The summed E-state index contributed by atoms with van der Waals surface area (Å²) in [6.07, 6.45) is 0. The molecule has 0 aliphatic rings. The van der Waals surface area contributed by atoms with Crippen LogP contribution in [0.25, 0.3) is 0 Å². The molecule has 0 atom stereocenters. The molecule has 2 rings (SSSR count). The van der Waals surface area contributed by atoms with Crippen molar-refractivity contribution in [2.45, 2.75) is 6.54 Å². The molecule has 0 unspecified atom stereocenters. The first-order chi connectivity index (χ1) is 9.54. The lowest BCUT2D eigenvalue weighted by atomic mass is 10.2. The van der Waals surface area contributed by atoms with E-state index < -0.39 is 17.7 Å². The molecule has 6 heteroatoms. The molecule has 2 N–H and O–H groups in total. The normalized spacial score (nSPS) is 10.2. The van der Waals surface area contributed by atoms with Crippen LogP contribution in [0, 0.1) is 15.2 Å². The second-order valence-corrected chi connectivity index (χ2v) is 5.30. The van der Waals surface area contributed by atoms with Crippen LogP contribution in [-0.4, -0.2) is 6.03 Å². The SMILES string of the molecule is O=C(NCc1cc(F)ccc1F)Nc1cccc(I)c1. The van der Waals surface area contributed by atoms with Crippen LogP contribution < -0.4 is 10.6 Å². The number of amides is 2. The zero-order valence-electron chi connectivity index (χ0n) is 10.3. The maximum atomic E-state index is 13.4. The highest BCUT2D eigenvalue weighted by Gasteiger charge is 2.06. The van der Waals surface area contributed by atoms with Crippen LogP contribution >= 0.6 is 22.6 Å². The summed E-state index contributed by atoms with van der Waals surface area (Å²) in [5.74, 6) is -1.10. The molecule has 3 nitrogen and oxygen atoms in total. The summed E-state index contributed by atoms with van der Waals surface area (Å²) in [5, 5.41) is 5.09. The van der Waals surface area contributed by atoms with Gasteiger partial charge in [-0.15, -0.1) is 0 Å². The van der Waals surface area contributed by atoms with Crippen LogP contribution in [0.15, 0.2) is 42.5 Å². The minimum Gasteiger partial charge on any atom is -0.334 e. The van der Waals surface area contributed by atoms with Gasteiger partial charge in [-0.1, -0.05) is 6.07 Å². The Morgan fingerprint density at radius 2 is 1.95 bits per heavy atom. The number of rotatable bonds is 3. The van der Waals surface area contributed by atoms with Crippen molar-refractivity contribution in [3.63, 3.8) is 0 Å². The molecule has 0 heterocycles. The Morgan fingerprint density at radius 3 is 2.70 bits per heavy atom. The topological polar surface area (TPSA) is 41.1 Å². The van der Waals surface area contributed by atoms with Crippen molar-refractivity contribution in [1.29, 1.82) is 0 Å². The first-order valence-corrected chi connectivity index (χ1v) is 6.87. The van der Waals surface area contributed by atoms with Crippen LogP contribution in [0.4, 0.5) is 19.3 Å². The molecule has 0 aromatic heterocycles. The van der Waals surface area contributed by atoms with Crippen molar-refractivity contribution in [3.8, 4) is 0 Å². The molecule has 2 amide bonds. The number of hydrogen-bond acceptors (Lipinski definition) is 1. The molecule has 0 spiro atoms. The van der Waals surface area contributed by atoms with Crippen molar-refractivity contribution in [2.75, 3.05) is 5.32 Å². The quantitative estimate of drug-likeness (QED) is 0.770. The molecular weight excluding hydrogens is 377 g/mol. The van der Waals surface area contributed by atoms with Crippen LogP contribution in [-0.2, 0) is 6.54 Å². The molecule has 0 radical (unpaired) electrons. The Kier molecular flexibility index (Phi) is 4.89. The first kappa shape index (κ1) is 14.7. The lowest BCUT2D eigenvalue weighted by molar-refractivity contribution is 0.251. The zero-order valence-corrected chi connectivity index (χ0v) is 12.4. The van der Waals surface area contributed by atoms with Crippen molar-refractivity contribution in [3.05, 3.63) is 63.2 Å². The summed E-state index contributed by atoms with van der Waals surface area (Å²) in [6, 6.07) is 9.88. The second kappa shape index (κ2) is 6.65. The van der Waals surface area contributed by atoms with E-state index in [1.165, 1.54) is 0 Å². The maximum absolute atomic E-state index is 13.4. The number of anilines is 1. The van der Waals surface area contributed by atoms with E-state index in [1.807, 2.05) is 12.1 Å². The highest BCUT2D eigenvalue weighted by molar-refractivity contribution is 14.1. The molecule has 0 saturated heterocycles. The molecule has 0 saturated carbocycles. The molecule has 0 aliphatic carbocycles. The van der Waals surface area contributed by atoms with Crippen molar-refractivity contribution in [2.24, 2.45) is 0 Å². The first-order valence-electron chi connectivity index (χ1n) is 5.79. The lowest BCUT2D eigenvalue weighted by Crippen LogP contribution is -2.28. The van der Waals surface area contributed by atoms with Crippen LogP contribution in [0.3, 0.4) is 0 Å². The highest BCUT2D eigenvalue weighted by Crippen LogP contribution is 2.12. The van der Waals surface area contributed by atoms with Gasteiger partial charge in [-0.2, -0.15) is 0 Å². The summed E-state index contributed by atoms with van der Waals surface area (Å²) >= 11 is 2.13. The number of carbonyl (C=O) groups excluding carboxylic acids is 1. The Balaban J connectivity index is 1.94. The van der Waals surface area contributed by atoms with Gasteiger partial charge >= 0.3 is 6.03 Å². The molecule has 0 aliphatic heterocycles. The standard InChI is InChI=1S/C14H11F2IN2O/c15-10-4-5-13(16)9(6-10)8-18-14(20)19-12-3-1-2-11(17)7-12/h1-7H,8H2,(H2,18,19,20). The van der Waals surface area contributed by atoms with Crippen LogP contribution in [0.2, 0.25) is 0 Å². The van der Waals surface area contributed by atoms with Crippen molar-refractivity contribution < 1.29 is 13.6 Å². The summed E-state index contributed by atoms with van der Waals surface area (Å²) in [4.78, 5) is 11.7. The Morgan fingerprint density at radius 1 is 1.15 bits per heavy atom. The van der Waals surface area contributed by atoms with Gasteiger partial charge in [0.2, 0.25) is 0 Å². The van der Waals surface area contributed by atoms with Gasteiger partial charge in [-0.25, -0.2) is 13.6 Å². The number of halogens is 3. The molecule has 0 bridgehead atoms. The Hall–Kier alpha value is -1.70. The van der Waals surface area contributed by atoms with E-state index in [2.05, 4.69) is 33.2 Å². The average molecular weight is 388 g/mol. The number of hydrogen-bond donors (Lipinski definition) is 2. The van der Waals surface area contributed by atoms with Gasteiger partial charge in [-0.3, -0.25) is 0 Å². The van der Waals surface area contributed by atoms with E-state index in [-0.39, 0.29) is 12.1 Å². The number of benzene rings is 2. The van der Waals surface area contributed by atoms with Crippen molar-refractivity contribution in [1.82, 2.24) is 5.32 Å². The predicted molar refractivity (Wildman–Crippen MR) is 81.4 cm³/mol. The van der Waals surface area contributed by atoms with Gasteiger partial charge in [-0.05, 0) is 59.0 Å². The zero-order chi connectivity index (χ0) is 14.5. The second-order valence-electron chi connectivity index (χ2n) is 4.05. The van der Waals surface area contributed by atoms with Crippen LogP contribution in [0.5, 0.6) is 0 Å². The Labute approximate surface area is 128 Å². The smallest absolute Gasteiger partial charge is 0.319 e. The van der Waals surface area contributed by atoms with E-state index in [0.29, 0.717) is 5.69 Å². The van der Waals surface area contributed by atoms with Gasteiger partial charge in [0.25, 0.3) is 0 Å². The van der Waals surface area contributed by atoms with E-state index in [4.69, 9.17) is 0 Å². The van der Waals surface area contributed by atoms with E-state index >= 15 is 0 Å². The fraction of sp³-hybridized carbons (Fsp3) is 0.0714. The van der Waals surface area contributed by atoms with E-state index in [0.717, 1.165) is 21.8 Å². The minimum absolute atomic E-state index is 0.0840. The monoisotopic (exact) mass is 388 g/mol.